The Bertz CT molecular complexity index is 863. The van der Waals surface area contributed by atoms with E-state index >= 15 is 0 Å². The predicted octanol–water partition coefficient (Wildman–Crippen LogP) is 3.40. The Kier molecular flexibility index (Phi) is 2.80. The third kappa shape index (κ3) is 2.08. The smallest absolute Gasteiger partial charge is 0.453 e. The monoisotopic (exact) mass is 324 g/mol. The highest BCUT2D eigenvalue weighted by Crippen LogP contribution is 2.33. The van der Waals surface area contributed by atoms with Crippen LogP contribution in [-0.2, 0) is 6.18 Å². The molecule has 2 aromatic heterocycles. The summed E-state index contributed by atoms with van der Waals surface area (Å²) in [6, 6.07) is 9.10. The van der Waals surface area contributed by atoms with E-state index in [4.69, 9.17) is 4.42 Å². The highest BCUT2D eigenvalue weighted by molar-refractivity contribution is 7.99. The van der Waals surface area contributed by atoms with E-state index in [0.717, 1.165) is 21.8 Å². The minimum atomic E-state index is -4.61. The maximum atomic E-state index is 12.9. The highest BCUT2D eigenvalue weighted by atomic mass is 32.2. The molecule has 22 heavy (non-hydrogen) atoms. The van der Waals surface area contributed by atoms with E-state index in [1.165, 1.54) is 0 Å². The fourth-order valence-electron chi connectivity index (χ4n) is 2.15. The molecule has 0 unspecified atom stereocenters. The molecule has 0 saturated heterocycles. The molecule has 1 aliphatic rings. The molecule has 0 fully saturated rings. The van der Waals surface area contributed by atoms with Gasteiger partial charge >= 0.3 is 6.18 Å². The average molecular weight is 324 g/mol. The average Bonchev–Trinajstić information content (AvgIpc) is 3.09. The Morgan fingerprint density at radius 1 is 1.18 bits per heavy atom. The van der Waals surface area contributed by atoms with Crippen molar-refractivity contribution in [2.45, 2.75) is 11.3 Å². The number of fused-ring (bicyclic) bond motifs is 2. The van der Waals surface area contributed by atoms with Crippen molar-refractivity contribution in [2.24, 2.45) is 5.10 Å². The number of hydrogen-bond donors (Lipinski definition) is 0. The summed E-state index contributed by atoms with van der Waals surface area (Å²) in [5.74, 6) is -0.319. The number of furan rings is 1. The number of rotatable bonds is 1. The van der Waals surface area contributed by atoms with Gasteiger partial charge in [-0.2, -0.15) is 22.9 Å². The molecule has 112 valence electrons. The van der Waals surface area contributed by atoms with Gasteiger partial charge in [0, 0.05) is 11.1 Å². The van der Waals surface area contributed by atoms with Crippen LogP contribution in [0.3, 0.4) is 0 Å². The fraction of sp³-hybridized carbons (Fsp3) is 0.154. The van der Waals surface area contributed by atoms with Gasteiger partial charge in [-0.25, -0.2) is 0 Å². The van der Waals surface area contributed by atoms with Crippen LogP contribution < -0.4 is 0 Å². The Morgan fingerprint density at radius 2 is 2.00 bits per heavy atom. The number of para-hydroxylation sites is 1. The van der Waals surface area contributed by atoms with Gasteiger partial charge in [0.2, 0.25) is 5.16 Å². The summed E-state index contributed by atoms with van der Waals surface area (Å²) in [6.07, 6.45) is -4.61. The van der Waals surface area contributed by atoms with Gasteiger partial charge in [-0.15, -0.1) is 10.2 Å². The fourth-order valence-corrected chi connectivity index (χ4v) is 2.96. The molecule has 3 heterocycles. The zero-order valence-electron chi connectivity index (χ0n) is 10.8. The molecule has 3 aromatic rings. The quantitative estimate of drug-likeness (QED) is 0.688. The van der Waals surface area contributed by atoms with Gasteiger partial charge in [0.05, 0.1) is 0 Å². The van der Waals surface area contributed by atoms with Crippen LogP contribution >= 0.6 is 11.8 Å². The lowest BCUT2D eigenvalue weighted by Crippen LogP contribution is -2.18. The molecule has 1 aliphatic heterocycles. The second kappa shape index (κ2) is 4.60. The third-order valence-electron chi connectivity index (χ3n) is 3.13. The lowest BCUT2D eigenvalue weighted by Gasteiger charge is -2.12. The van der Waals surface area contributed by atoms with Gasteiger partial charge in [0.25, 0.3) is 5.82 Å². The Balaban J connectivity index is 1.82. The van der Waals surface area contributed by atoms with Crippen molar-refractivity contribution < 1.29 is 17.6 Å². The van der Waals surface area contributed by atoms with Crippen LogP contribution in [0.5, 0.6) is 0 Å². The summed E-state index contributed by atoms with van der Waals surface area (Å²) >= 11 is 1.14. The molecule has 0 spiro atoms. The SMILES string of the molecule is FC(F)(F)c1nnc2n1N=C(c1cc3ccccc3o1)CS2. The van der Waals surface area contributed by atoms with Crippen LogP contribution in [-0.4, -0.2) is 26.3 Å². The minimum absolute atomic E-state index is 0.118. The summed E-state index contributed by atoms with van der Waals surface area (Å²) in [5.41, 5.74) is 1.08. The molecule has 4 rings (SSSR count). The van der Waals surface area contributed by atoms with Gasteiger partial charge < -0.3 is 4.42 Å². The summed E-state index contributed by atoms with van der Waals surface area (Å²) < 4.78 is 45.0. The molecule has 0 saturated carbocycles. The van der Waals surface area contributed by atoms with Gasteiger partial charge in [0.1, 0.15) is 11.3 Å². The van der Waals surface area contributed by atoms with Crippen LogP contribution in [0, 0.1) is 0 Å². The molecule has 0 bridgehead atoms. The zero-order valence-corrected chi connectivity index (χ0v) is 11.6. The predicted molar refractivity (Wildman–Crippen MR) is 73.9 cm³/mol. The second-order valence-electron chi connectivity index (χ2n) is 4.60. The zero-order chi connectivity index (χ0) is 15.3. The third-order valence-corrected chi connectivity index (χ3v) is 4.06. The van der Waals surface area contributed by atoms with E-state index in [2.05, 4.69) is 15.3 Å². The maximum Gasteiger partial charge on any atom is 0.453 e. The first-order valence-electron chi connectivity index (χ1n) is 6.24. The molecular weight excluding hydrogens is 317 g/mol. The first-order chi connectivity index (χ1) is 10.5. The molecule has 0 amide bonds. The molecular formula is C13H7F3N4OS. The van der Waals surface area contributed by atoms with Gasteiger partial charge in [-0.05, 0) is 12.1 Å². The Labute approximate surface area is 125 Å². The van der Waals surface area contributed by atoms with Crippen molar-refractivity contribution in [3.8, 4) is 0 Å². The van der Waals surface area contributed by atoms with Crippen LogP contribution in [0.15, 0.2) is 45.0 Å². The van der Waals surface area contributed by atoms with Crippen molar-refractivity contribution in [3.05, 3.63) is 41.9 Å². The van der Waals surface area contributed by atoms with E-state index in [9.17, 15) is 13.2 Å². The van der Waals surface area contributed by atoms with E-state index in [-0.39, 0.29) is 5.16 Å². The molecule has 0 atom stereocenters. The molecule has 9 heteroatoms. The van der Waals surface area contributed by atoms with Crippen LogP contribution in [0.25, 0.3) is 11.0 Å². The number of nitrogens with zero attached hydrogens (tertiary/aromatic N) is 4. The van der Waals surface area contributed by atoms with Crippen molar-refractivity contribution in [3.63, 3.8) is 0 Å². The topological polar surface area (TPSA) is 56.2 Å². The molecule has 1 aromatic carbocycles. The molecule has 0 aliphatic carbocycles. The molecule has 0 N–H and O–H groups in total. The lowest BCUT2D eigenvalue weighted by atomic mass is 10.2. The van der Waals surface area contributed by atoms with E-state index in [1.807, 2.05) is 18.2 Å². The summed E-state index contributed by atoms with van der Waals surface area (Å²) in [4.78, 5) is 0. The number of aromatic nitrogens is 3. The Morgan fingerprint density at radius 3 is 2.77 bits per heavy atom. The van der Waals surface area contributed by atoms with Crippen molar-refractivity contribution >= 4 is 28.4 Å². The highest BCUT2D eigenvalue weighted by Gasteiger charge is 2.40. The maximum absolute atomic E-state index is 12.9. The van der Waals surface area contributed by atoms with Crippen LogP contribution in [0.4, 0.5) is 13.2 Å². The van der Waals surface area contributed by atoms with Gasteiger partial charge in [-0.1, -0.05) is 30.0 Å². The number of benzene rings is 1. The van der Waals surface area contributed by atoms with Crippen LogP contribution in [0.2, 0.25) is 0 Å². The molecule has 5 nitrogen and oxygen atoms in total. The standard InChI is InChI=1S/C13H7F3N4OS/c14-13(15,16)11-17-18-12-20(11)19-8(6-22-12)10-5-7-3-1-2-4-9(7)21-10/h1-5H,6H2. The number of halogens is 3. The van der Waals surface area contributed by atoms with E-state index in [0.29, 0.717) is 22.8 Å². The van der Waals surface area contributed by atoms with Crippen molar-refractivity contribution in [2.75, 3.05) is 5.75 Å². The summed E-state index contributed by atoms with van der Waals surface area (Å²) in [7, 11) is 0. The summed E-state index contributed by atoms with van der Waals surface area (Å²) in [6.45, 7) is 0. The minimum Gasteiger partial charge on any atom is -0.455 e. The first kappa shape index (κ1) is 13.4. The van der Waals surface area contributed by atoms with Crippen LogP contribution in [0.1, 0.15) is 11.6 Å². The number of hydrogen-bond acceptors (Lipinski definition) is 5. The largest absolute Gasteiger partial charge is 0.455 e. The van der Waals surface area contributed by atoms with Gasteiger partial charge in [-0.3, -0.25) is 0 Å². The normalized spacial score (nSPS) is 15.0. The van der Waals surface area contributed by atoms with Crippen molar-refractivity contribution in [1.29, 1.82) is 0 Å². The number of alkyl halides is 3. The first-order valence-corrected chi connectivity index (χ1v) is 7.23. The Hall–Kier alpha value is -2.29. The lowest BCUT2D eigenvalue weighted by molar-refractivity contribution is -0.147. The van der Waals surface area contributed by atoms with E-state index in [1.54, 1.807) is 12.1 Å². The summed E-state index contributed by atoms with van der Waals surface area (Å²) in [5, 5.41) is 11.7. The van der Waals surface area contributed by atoms with Crippen molar-refractivity contribution in [1.82, 2.24) is 14.9 Å². The molecule has 0 radical (unpaired) electrons. The number of thioether (sulfide) groups is 1. The van der Waals surface area contributed by atoms with E-state index < -0.39 is 12.0 Å². The van der Waals surface area contributed by atoms with Gasteiger partial charge in [0.15, 0.2) is 5.76 Å². The second-order valence-corrected chi connectivity index (χ2v) is 5.54.